The van der Waals surface area contributed by atoms with E-state index in [0.717, 1.165) is 0 Å². The van der Waals surface area contributed by atoms with E-state index in [4.69, 9.17) is 10.5 Å². The monoisotopic (exact) mass is 257 g/mol. The first kappa shape index (κ1) is 12.2. The lowest BCUT2D eigenvalue weighted by molar-refractivity contribution is 0.0733. The molecule has 3 N–H and O–H groups in total. The van der Waals surface area contributed by atoms with Crippen LogP contribution < -0.4 is 10.5 Å². The molecule has 2 rings (SSSR count). The van der Waals surface area contributed by atoms with Crippen molar-refractivity contribution < 1.29 is 13.2 Å². The molecule has 1 heterocycles. The lowest BCUT2D eigenvalue weighted by Gasteiger charge is -2.26. The van der Waals surface area contributed by atoms with Crippen molar-refractivity contribution in [3.05, 3.63) is 24.3 Å². The number of hydrogen-bond donors (Lipinski definition) is 2. The summed E-state index contributed by atoms with van der Waals surface area (Å²) in [5.41, 5.74) is 6.50. The summed E-state index contributed by atoms with van der Waals surface area (Å²) in [6.45, 7) is 1.57. The number of para-hydroxylation sites is 2. The van der Waals surface area contributed by atoms with E-state index >= 15 is 0 Å². The van der Waals surface area contributed by atoms with Gasteiger partial charge >= 0.3 is 10.2 Å². The second kappa shape index (κ2) is 4.91. The van der Waals surface area contributed by atoms with Crippen LogP contribution in [0.5, 0.6) is 0 Å². The first-order valence-electron chi connectivity index (χ1n) is 5.30. The number of nitrogens with one attached hydrogen (secondary N) is 1. The van der Waals surface area contributed by atoms with E-state index in [2.05, 4.69) is 4.72 Å². The maximum atomic E-state index is 12.0. The van der Waals surface area contributed by atoms with E-state index in [9.17, 15) is 8.42 Å². The summed E-state index contributed by atoms with van der Waals surface area (Å²) in [5, 5.41) is 0. The summed E-state index contributed by atoms with van der Waals surface area (Å²) in [4.78, 5) is 0. The van der Waals surface area contributed by atoms with Crippen LogP contribution >= 0.6 is 0 Å². The number of rotatable bonds is 3. The zero-order valence-electron chi connectivity index (χ0n) is 9.30. The van der Waals surface area contributed by atoms with Gasteiger partial charge in [-0.25, -0.2) is 0 Å². The summed E-state index contributed by atoms with van der Waals surface area (Å²) in [6.07, 6.45) is 0. The molecule has 0 aliphatic carbocycles. The third-order valence-electron chi connectivity index (χ3n) is 2.51. The largest absolute Gasteiger partial charge is 0.397 e. The van der Waals surface area contributed by atoms with Crippen molar-refractivity contribution in [2.45, 2.75) is 0 Å². The van der Waals surface area contributed by atoms with Gasteiger partial charge in [0.25, 0.3) is 0 Å². The highest BCUT2D eigenvalue weighted by Gasteiger charge is 2.24. The fraction of sp³-hybridized carbons (Fsp3) is 0.400. The second-order valence-corrected chi connectivity index (χ2v) is 5.38. The molecule has 94 valence electrons. The van der Waals surface area contributed by atoms with Gasteiger partial charge in [-0.05, 0) is 12.1 Å². The quantitative estimate of drug-likeness (QED) is 0.761. The van der Waals surface area contributed by atoms with Gasteiger partial charge < -0.3 is 10.5 Å². The van der Waals surface area contributed by atoms with E-state index in [1.54, 1.807) is 24.3 Å². The van der Waals surface area contributed by atoms with Crippen LogP contribution in [-0.4, -0.2) is 39.0 Å². The van der Waals surface area contributed by atoms with Crippen LogP contribution in [0, 0.1) is 0 Å². The van der Waals surface area contributed by atoms with Gasteiger partial charge in [-0.3, -0.25) is 4.72 Å². The minimum atomic E-state index is -3.54. The Morgan fingerprint density at radius 2 is 1.88 bits per heavy atom. The topological polar surface area (TPSA) is 84.7 Å². The third-order valence-corrected chi connectivity index (χ3v) is 4.03. The van der Waals surface area contributed by atoms with Crippen LogP contribution in [0.15, 0.2) is 24.3 Å². The van der Waals surface area contributed by atoms with E-state index < -0.39 is 10.2 Å². The number of ether oxygens (including phenoxy) is 1. The maximum absolute atomic E-state index is 12.0. The van der Waals surface area contributed by atoms with E-state index in [-0.39, 0.29) is 0 Å². The molecule has 1 saturated heterocycles. The van der Waals surface area contributed by atoms with Crippen LogP contribution in [0.4, 0.5) is 11.4 Å². The number of benzene rings is 1. The van der Waals surface area contributed by atoms with Crippen molar-refractivity contribution in [3.63, 3.8) is 0 Å². The van der Waals surface area contributed by atoms with Gasteiger partial charge in [0.2, 0.25) is 0 Å². The molecule has 0 spiro atoms. The van der Waals surface area contributed by atoms with Gasteiger partial charge in [-0.2, -0.15) is 12.7 Å². The molecule has 1 aromatic rings. The van der Waals surface area contributed by atoms with Crippen molar-refractivity contribution in [2.24, 2.45) is 0 Å². The van der Waals surface area contributed by atoms with Gasteiger partial charge in [-0.1, -0.05) is 12.1 Å². The van der Waals surface area contributed by atoms with Crippen molar-refractivity contribution in [2.75, 3.05) is 36.8 Å². The third kappa shape index (κ3) is 2.87. The standard InChI is InChI=1S/C10H15N3O3S/c11-9-3-1-2-4-10(9)12-17(14,15)13-5-7-16-8-6-13/h1-4,12H,5-8,11H2. The summed E-state index contributed by atoms with van der Waals surface area (Å²) < 4.78 is 33.0. The van der Waals surface area contributed by atoms with E-state index in [1.165, 1.54) is 4.31 Å². The maximum Gasteiger partial charge on any atom is 0.301 e. The average molecular weight is 257 g/mol. The molecule has 6 nitrogen and oxygen atoms in total. The Bertz CT molecular complexity index is 483. The lowest BCUT2D eigenvalue weighted by atomic mass is 10.3. The van der Waals surface area contributed by atoms with Crippen LogP contribution in [0.25, 0.3) is 0 Å². The fourth-order valence-electron chi connectivity index (χ4n) is 1.58. The highest BCUT2D eigenvalue weighted by atomic mass is 32.2. The van der Waals surface area contributed by atoms with E-state index in [0.29, 0.717) is 37.7 Å². The fourth-order valence-corrected chi connectivity index (χ4v) is 2.80. The van der Waals surface area contributed by atoms with Gasteiger partial charge in [0.1, 0.15) is 0 Å². The molecule has 0 atom stereocenters. The van der Waals surface area contributed by atoms with Crippen molar-refractivity contribution in [3.8, 4) is 0 Å². The van der Waals surface area contributed by atoms with Crippen molar-refractivity contribution >= 4 is 21.6 Å². The Kier molecular flexibility index (Phi) is 3.51. The molecule has 0 radical (unpaired) electrons. The number of anilines is 2. The summed E-state index contributed by atoms with van der Waals surface area (Å²) in [5.74, 6) is 0. The molecule has 7 heteroatoms. The van der Waals surface area contributed by atoms with Crippen LogP contribution in [0.1, 0.15) is 0 Å². The number of hydrogen-bond acceptors (Lipinski definition) is 4. The first-order valence-corrected chi connectivity index (χ1v) is 6.74. The normalized spacial score (nSPS) is 17.9. The first-order chi connectivity index (χ1) is 8.09. The van der Waals surface area contributed by atoms with Gasteiger partial charge in [0.15, 0.2) is 0 Å². The van der Waals surface area contributed by atoms with Gasteiger partial charge in [0, 0.05) is 13.1 Å². The van der Waals surface area contributed by atoms with E-state index in [1.807, 2.05) is 0 Å². The molecular formula is C10H15N3O3S. The molecule has 0 unspecified atom stereocenters. The average Bonchev–Trinajstić information content (AvgIpc) is 2.33. The minimum absolute atomic E-state index is 0.363. The van der Waals surface area contributed by atoms with Crippen molar-refractivity contribution in [1.82, 2.24) is 4.31 Å². The van der Waals surface area contributed by atoms with Crippen LogP contribution in [0.3, 0.4) is 0 Å². The molecule has 0 bridgehead atoms. The number of nitrogens with two attached hydrogens (primary N) is 1. The predicted octanol–water partition coefficient (Wildman–Crippen LogP) is 0.258. The Morgan fingerprint density at radius 3 is 2.53 bits per heavy atom. The van der Waals surface area contributed by atoms with Crippen LogP contribution in [0.2, 0.25) is 0 Å². The van der Waals surface area contributed by atoms with Crippen LogP contribution in [-0.2, 0) is 14.9 Å². The Labute approximate surface area is 101 Å². The van der Waals surface area contributed by atoms with Gasteiger partial charge in [-0.15, -0.1) is 0 Å². The summed E-state index contributed by atoms with van der Waals surface area (Å²) >= 11 is 0. The number of nitrogens with zero attached hydrogens (tertiary/aromatic N) is 1. The Balaban J connectivity index is 2.14. The molecule has 0 amide bonds. The minimum Gasteiger partial charge on any atom is -0.397 e. The molecule has 0 aromatic heterocycles. The Morgan fingerprint density at radius 1 is 1.24 bits per heavy atom. The molecule has 0 saturated carbocycles. The summed E-state index contributed by atoms with van der Waals surface area (Å²) in [6, 6.07) is 6.76. The molecule has 1 aliphatic rings. The Hall–Kier alpha value is -1.31. The zero-order valence-corrected chi connectivity index (χ0v) is 10.1. The second-order valence-electron chi connectivity index (χ2n) is 3.71. The molecule has 1 aromatic carbocycles. The number of nitrogen functional groups attached to an aromatic ring is 1. The van der Waals surface area contributed by atoms with Gasteiger partial charge in [0.05, 0.1) is 24.6 Å². The SMILES string of the molecule is Nc1ccccc1NS(=O)(=O)N1CCOCC1. The molecule has 1 aliphatic heterocycles. The number of morpholine rings is 1. The molecular weight excluding hydrogens is 242 g/mol. The molecule has 1 fully saturated rings. The van der Waals surface area contributed by atoms with Crippen molar-refractivity contribution in [1.29, 1.82) is 0 Å². The molecule has 17 heavy (non-hydrogen) atoms. The highest BCUT2D eigenvalue weighted by Crippen LogP contribution is 2.19. The lowest BCUT2D eigenvalue weighted by Crippen LogP contribution is -2.43. The predicted molar refractivity (Wildman–Crippen MR) is 65.8 cm³/mol. The highest BCUT2D eigenvalue weighted by molar-refractivity contribution is 7.90. The zero-order chi connectivity index (χ0) is 12.3. The smallest absolute Gasteiger partial charge is 0.301 e. The summed E-state index contributed by atoms with van der Waals surface area (Å²) in [7, 11) is -3.54.